The molecule has 8 rings (SSSR count). The lowest BCUT2D eigenvalue weighted by Crippen LogP contribution is -2.44. The summed E-state index contributed by atoms with van der Waals surface area (Å²) >= 11 is 0. The lowest BCUT2D eigenvalue weighted by molar-refractivity contribution is 0.174. The van der Waals surface area contributed by atoms with Crippen LogP contribution in [0.2, 0.25) is 0 Å². The van der Waals surface area contributed by atoms with Crippen molar-refractivity contribution in [1.82, 2.24) is 18.9 Å². The van der Waals surface area contributed by atoms with Crippen LogP contribution in [-0.2, 0) is 13.1 Å². The average molecular weight is 497 g/mol. The molecular weight excluding hydrogens is 463 g/mol. The first-order valence-electron chi connectivity index (χ1n) is 13.3. The number of fused-ring (bicyclic) bond motifs is 4. The highest BCUT2D eigenvalue weighted by molar-refractivity contribution is 5.96. The zero-order chi connectivity index (χ0) is 25.3. The number of rotatable bonds is 1. The van der Waals surface area contributed by atoms with Crippen LogP contribution in [-0.4, -0.2) is 69.9 Å². The van der Waals surface area contributed by atoms with E-state index in [9.17, 15) is 9.50 Å². The molecule has 0 saturated carbocycles. The van der Waals surface area contributed by atoms with E-state index >= 15 is 0 Å². The van der Waals surface area contributed by atoms with Gasteiger partial charge in [0.1, 0.15) is 5.82 Å². The third-order valence-corrected chi connectivity index (χ3v) is 8.82. The fourth-order valence-electron chi connectivity index (χ4n) is 6.94. The van der Waals surface area contributed by atoms with Gasteiger partial charge in [-0.15, -0.1) is 0 Å². The van der Waals surface area contributed by atoms with Crippen LogP contribution in [0.4, 0.5) is 4.39 Å². The first-order valence-corrected chi connectivity index (χ1v) is 13.3. The van der Waals surface area contributed by atoms with Crippen molar-refractivity contribution < 1.29 is 9.50 Å². The van der Waals surface area contributed by atoms with Crippen molar-refractivity contribution >= 4 is 33.0 Å². The second-order valence-electron chi connectivity index (χ2n) is 11.0. The minimum absolute atomic E-state index is 0.115. The number of aliphatic hydroxyl groups excluding tert-OH is 1. The first kappa shape index (κ1) is 23.0. The van der Waals surface area contributed by atoms with E-state index in [0.717, 1.165) is 43.5 Å². The largest absolute Gasteiger partial charge is 0.396 e. The van der Waals surface area contributed by atoms with E-state index in [0.29, 0.717) is 12.1 Å². The van der Waals surface area contributed by atoms with Crippen molar-refractivity contribution in [3.8, 4) is 0 Å². The van der Waals surface area contributed by atoms with Gasteiger partial charge in [-0.25, -0.2) is 4.39 Å². The highest BCUT2D eigenvalue weighted by Gasteiger charge is 2.33. The summed E-state index contributed by atoms with van der Waals surface area (Å²) in [7, 11) is 4.34. The molecule has 3 atom stereocenters. The van der Waals surface area contributed by atoms with E-state index in [1.165, 1.54) is 33.2 Å². The van der Waals surface area contributed by atoms with Crippen LogP contribution in [0.3, 0.4) is 0 Å². The Morgan fingerprint density at radius 2 is 1.59 bits per heavy atom. The molecular formula is C31H33FN4O. The molecule has 0 saturated heterocycles. The van der Waals surface area contributed by atoms with Gasteiger partial charge in [0.2, 0.25) is 0 Å². The van der Waals surface area contributed by atoms with E-state index in [4.69, 9.17) is 0 Å². The van der Waals surface area contributed by atoms with Gasteiger partial charge in [0.15, 0.2) is 0 Å². The van der Waals surface area contributed by atoms with Crippen molar-refractivity contribution in [3.63, 3.8) is 0 Å². The molecule has 4 aromatic rings. The zero-order valence-corrected chi connectivity index (χ0v) is 21.4. The summed E-state index contributed by atoms with van der Waals surface area (Å²) in [5.41, 5.74) is 7.72. The third kappa shape index (κ3) is 3.54. The van der Waals surface area contributed by atoms with Crippen LogP contribution >= 0.6 is 0 Å². The van der Waals surface area contributed by atoms with Crippen LogP contribution in [0, 0.1) is 11.7 Å². The summed E-state index contributed by atoms with van der Waals surface area (Å²) in [6.45, 7) is 4.23. The topological polar surface area (TPSA) is 36.6 Å². The molecule has 6 heterocycles. The summed E-state index contributed by atoms with van der Waals surface area (Å²) < 4.78 is 18.4. The average Bonchev–Trinajstić information content (AvgIpc) is 3.53. The number of aromatic nitrogens is 2. The molecule has 0 fully saturated rings. The number of nitrogens with zero attached hydrogens (tertiary/aromatic N) is 4. The standard InChI is InChI=1S/C16H18N2O.C15H15FN2/c1-17-8-11(10-19)7-14-13-4-2-3-12-5-6-18(16(12)13)9-15(14)17;1-17-7-2-3-10-11-4-5-13(16)12-6-8-18(15(11)12)9-14(10)17/h2-7,11,15,19H,8-10H2,1H3;3-6,8,14H,2,7,9H2,1H3. The lowest BCUT2D eigenvalue weighted by Gasteiger charge is -2.40. The Morgan fingerprint density at radius 3 is 2.43 bits per heavy atom. The van der Waals surface area contributed by atoms with Gasteiger partial charge in [-0.05, 0) is 55.9 Å². The quantitative estimate of drug-likeness (QED) is 0.410. The number of aliphatic hydroxyl groups is 1. The van der Waals surface area contributed by atoms with E-state index in [-0.39, 0.29) is 18.3 Å². The molecule has 4 aliphatic heterocycles. The van der Waals surface area contributed by atoms with Crippen molar-refractivity contribution in [2.45, 2.75) is 31.6 Å². The number of hydrogen-bond acceptors (Lipinski definition) is 3. The number of hydrogen-bond donors (Lipinski definition) is 1. The molecule has 2 aromatic heterocycles. The van der Waals surface area contributed by atoms with Crippen molar-refractivity contribution in [2.75, 3.05) is 33.8 Å². The lowest BCUT2D eigenvalue weighted by atomic mass is 9.86. The number of benzene rings is 2. The van der Waals surface area contributed by atoms with Gasteiger partial charge in [0, 0.05) is 66.4 Å². The molecule has 0 aliphatic carbocycles. The normalized spacial score (nSPS) is 24.7. The van der Waals surface area contributed by atoms with Crippen LogP contribution < -0.4 is 0 Å². The molecule has 0 bridgehead atoms. The molecule has 4 aliphatic rings. The van der Waals surface area contributed by atoms with E-state index in [2.05, 4.69) is 75.6 Å². The number of likely N-dealkylation sites (N-methyl/N-ethyl adjacent to an activating group) is 2. The van der Waals surface area contributed by atoms with E-state index in [1.807, 2.05) is 18.3 Å². The van der Waals surface area contributed by atoms with Crippen LogP contribution in [0.15, 0.2) is 67.0 Å². The third-order valence-electron chi connectivity index (χ3n) is 8.82. The van der Waals surface area contributed by atoms with Gasteiger partial charge < -0.3 is 14.2 Å². The Bertz CT molecular complexity index is 1580. The fourth-order valence-corrected chi connectivity index (χ4v) is 6.94. The van der Waals surface area contributed by atoms with Crippen LogP contribution in [0.1, 0.15) is 17.5 Å². The highest BCUT2D eigenvalue weighted by Crippen LogP contribution is 2.39. The second kappa shape index (κ2) is 8.69. The molecule has 37 heavy (non-hydrogen) atoms. The highest BCUT2D eigenvalue weighted by atomic mass is 19.1. The van der Waals surface area contributed by atoms with E-state index in [1.54, 1.807) is 6.07 Å². The maximum Gasteiger partial charge on any atom is 0.132 e. The van der Waals surface area contributed by atoms with Gasteiger partial charge in [0.05, 0.1) is 29.7 Å². The molecule has 1 N–H and O–H groups in total. The van der Waals surface area contributed by atoms with Gasteiger partial charge in [0.25, 0.3) is 0 Å². The summed E-state index contributed by atoms with van der Waals surface area (Å²) in [5, 5.41) is 11.5. The van der Waals surface area contributed by atoms with Crippen LogP contribution in [0.5, 0.6) is 0 Å². The molecule has 0 spiro atoms. The maximum atomic E-state index is 13.8. The Labute approximate surface area is 216 Å². The smallest absolute Gasteiger partial charge is 0.132 e. The van der Waals surface area contributed by atoms with Crippen molar-refractivity contribution in [3.05, 3.63) is 84.0 Å². The van der Waals surface area contributed by atoms with Gasteiger partial charge in [-0.1, -0.05) is 30.4 Å². The molecule has 2 aromatic carbocycles. The molecule has 0 amide bonds. The monoisotopic (exact) mass is 496 g/mol. The predicted octanol–water partition coefficient (Wildman–Crippen LogP) is 4.84. The molecule has 190 valence electrons. The van der Waals surface area contributed by atoms with Crippen molar-refractivity contribution in [2.24, 2.45) is 5.92 Å². The Kier molecular flexibility index (Phi) is 5.39. The Hall–Kier alpha value is -3.19. The van der Waals surface area contributed by atoms with E-state index < -0.39 is 0 Å². The summed E-state index contributed by atoms with van der Waals surface area (Å²) in [5.74, 6) is 0.142. The van der Waals surface area contributed by atoms with Gasteiger partial charge >= 0.3 is 0 Å². The fraction of sp³-hybridized carbons (Fsp3) is 0.355. The summed E-state index contributed by atoms with van der Waals surface area (Å²) in [6.07, 6.45) is 9.90. The Balaban J connectivity index is 0.000000125. The van der Waals surface area contributed by atoms with Gasteiger partial charge in [-0.2, -0.15) is 0 Å². The molecule has 5 nitrogen and oxygen atoms in total. The van der Waals surface area contributed by atoms with Crippen LogP contribution in [0.25, 0.3) is 33.0 Å². The summed E-state index contributed by atoms with van der Waals surface area (Å²) in [6, 6.07) is 15.0. The van der Waals surface area contributed by atoms with Gasteiger partial charge in [-0.3, -0.25) is 9.80 Å². The minimum Gasteiger partial charge on any atom is -0.396 e. The predicted molar refractivity (Wildman–Crippen MR) is 148 cm³/mol. The maximum absolute atomic E-state index is 13.8. The second-order valence-corrected chi connectivity index (χ2v) is 11.0. The number of halogens is 1. The minimum atomic E-state index is -0.115. The summed E-state index contributed by atoms with van der Waals surface area (Å²) in [4.78, 5) is 4.77. The number of para-hydroxylation sites is 1. The van der Waals surface area contributed by atoms with Crippen molar-refractivity contribution in [1.29, 1.82) is 0 Å². The first-order chi connectivity index (χ1) is 18.0. The zero-order valence-electron chi connectivity index (χ0n) is 21.4. The molecule has 6 heteroatoms. The SMILES string of the molecule is CN1CC(CO)C=C2c3cccc4ccn(c34)CC21.CN1CCC=C2c3ccc(F)c4ccn(c34)CC21. The Morgan fingerprint density at radius 1 is 0.838 bits per heavy atom. The molecule has 0 radical (unpaired) electrons. The molecule has 3 unspecified atom stereocenters.